The predicted molar refractivity (Wildman–Crippen MR) is 62.2 cm³/mol. The van der Waals surface area contributed by atoms with Gasteiger partial charge in [0.15, 0.2) is 4.77 Å². The summed E-state index contributed by atoms with van der Waals surface area (Å²) in [6.45, 7) is 7.63. The molecule has 0 aliphatic carbocycles. The largest absolute Gasteiger partial charge is 0.368 e. The van der Waals surface area contributed by atoms with Crippen molar-refractivity contribution in [2.45, 2.75) is 39.2 Å². The number of H-pyrrole nitrogens is 1. The van der Waals surface area contributed by atoms with Gasteiger partial charge in [0.25, 0.3) is 0 Å². The molecule has 0 aliphatic rings. The zero-order chi connectivity index (χ0) is 11.8. The van der Waals surface area contributed by atoms with Crippen molar-refractivity contribution in [3.63, 3.8) is 0 Å². The molecule has 84 valence electrons. The number of nitrogens with one attached hydrogen (secondary N) is 1. The van der Waals surface area contributed by atoms with E-state index in [4.69, 9.17) is 18.0 Å². The molecule has 0 saturated carbocycles. The normalized spacial score (nSPS) is 12.1. The molecule has 0 bridgehead atoms. The molecule has 0 aromatic carbocycles. The molecular weight excluding hydrogens is 210 g/mol. The van der Waals surface area contributed by atoms with Gasteiger partial charge in [-0.25, -0.2) is 0 Å². The Morgan fingerprint density at radius 1 is 1.60 bits per heavy atom. The van der Waals surface area contributed by atoms with E-state index in [1.165, 1.54) is 0 Å². The lowest BCUT2D eigenvalue weighted by atomic mass is 10.0. The topological polar surface area (TPSA) is 63.8 Å². The van der Waals surface area contributed by atoms with Gasteiger partial charge in [0.2, 0.25) is 5.91 Å². The number of carbonyl (C=O) groups excluding carboxylic acids is 1. The third-order valence-corrected chi connectivity index (χ3v) is 2.86. The summed E-state index contributed by atoms with van der Waals surface area (Å²) in [6.07, 6.45) is 1.83. The third kappa shape index (κ3) is 1.97. The zero-order valence-electron chi connectivity index (χ0n) is 9.50. The summed E-state index contributed by atoms with van der Waals surface area (Å²) in [5.41, 5.74) is 5.57. The Hall–Kier alpha value is -1.10. The molecule has 0 aliphatic heterocycles. The van der Waals surface area contributed by atoms with Crippen LogP contribution in [0.2, 0.25) is 0 Å². The van der Waals surface area contributed by atoms with E-state index >= 15 is 0 Å². The van der Waals surface area contributed by atoms with Crippen LogP contribution in [0.1, 0.15) is 39.3 Å². The number of hydrogen-bond acceptors (Lipinski definition) is 2. The second-order valence-electron chi connectivity index (χ2n) is 4.43. The molecule has 0 spiro atoms. The smallest absolute Gasteiger partial charge is 0.243 e. The van der Waals surface area contributed by atoms with Gasteiger partial charge < -0.3 is 15.3 Å². The van der Waals surface area contributed by atoms with Crippen LogP contribution in [-0.4, -0.2) is 15.5 Å². The predicted octanol–water partition coefficient (Wildman–Crippen LogP) is 1.89. The maximum atomic E-state index is 11.4. The van der Waals surface area contributed by atoms with Crippen LogP contribution in [0.3, 0.4) is 0 Å². The van der Waals surface area contributed by atoms with Gasteiger partial charge in [-0.15, -0.1) is 0 Å². The quantitative estimate of drug-likeness (QED) is 0.774. The van der Waals surface area contributed by atoms with Crippen molar-refractivity contribution in [1.29, 1.82) is 0 Å². The van der Waals surface area contributed by atoms with Crippen LogP contribution in [0.5, 0.6) is 0 Å². The van der Waals surface area contributed by atoms with Crippen LogP contribution in [0.25, 0.3) is 0 Å². The number of aromatic nitrogens is 2. The van der Waals surface area contributed by atoms with E-state index in [1.807, 2.05) is 20.0 Å². The van der Waals surface area contributed by atoms with E-state index in [2.05, 4.69) is 4.98 Å². The van der Waals surface area contributed by atoms with Crippen molar-refractivity contribution in [2.75, 3.05) is 0 Å². The highest BCUT2D eigenvalue weighted by molar-refractivity contribution is 7.71. The average Bonchev–Trinajstić information content (AvgIpc) is 2.47. The van der Waals surface area contributed by atoms with E-state index in [9.17, 15) is 4.79 Å². The number of nitrogens with two attached hydrogens (primary N) is 1. The SMILES string of the molecule is CC(C)c1c[nH]c(=S)n1C(C)(C)C(N)=O. The van der Waals surface area contributed by atoms with Gasteiger partial charge in [-0.3, -0.25) is 4.79 Å². The highest BCUT2D eigenvalue weighted by Crippen LogP contribution is 2.23. The summed E-state index contributed by atoms with van der Waals surface area (Å²) < 4.78 is 2.32. The fourth-order valence-corrected chi connectivity index (χ4v) is 1.89. The summed E-state index contributed by atoms with van der Waals surface area (Å²) in [7, 11) is 0. The molecule has 5 heteroatoms. The van der Waals surface area contributed by atoms with E-state index in [0.29, 0.717) is 4.77 Å². The fraction of sp³-hybridized carbons (Fsp3) is 0.600. The lowest BCUT2D eigenvalue weighted by molar-refractivity contribution is -0.125. The number of rotatable bonds is 3. The number of nitrogens with zero attached hydrogens (tertiary/aromatic N) is 1. The van der Waals surface area contributed by atoms with Crippen molar-refractivity contribution >= 4 is 18.1 Å². The minimum atomic E-state index is -0.795. The van der Waals surface area contributed by atoms with Crippen LogP contribution < -0.4 is 5.73 Å². The number of carbonyl (C=O) groups is 1. The van der Waals surface area contributed by atoms with Gasteiger partial charge in [-0.2, -0.15) is 0 Å². The number of aromatic amines is 1. The molecule has 0 radical (unpaired) electrons. The Labute approximate surface area is 94.5 Å². The van der Waals surface area contributed by atoms with Gasteiger partial charge in [-0.1, -0.05) is 13.8 Å². The molecule has 1 amide bonds. The zero-order valence-corrected chi connectivity index (χ0v) is 10.3. The molecule has 1 aromatic heterocycles. The Bertz CT molecular complexity index is 428. The molecule has 0 fully saturated rings. The van der Waals surface area contributed by atoms with Crippen LogP contribution in [0.15, 0.2) is 6.20 Å². The molecule has 15 heavy (non-hydrogen) atoms. The van der Waals surface area contributed by atoms with Crippen molar-refractivity contribution in [2.24, 2.45) is 5.73 Å². The van der Waals surface area contributed by atoms with Crippen LogP contribution in [-0.2, 0) is 10.3 Å². The van der Waals surface area contributed by atoms with E-state index in [1.54, 1.807) is 18.4 Å². The Morgan fingerprint density at radius 2 is 2.13 bits per heavy atom. The molecule has 0 atom stereocenters. The van der Waals surface area contributed by atoms with Crippen molar-refractivity contribution < 1.29 is 4.79 Å². The summed E-state index contributed by atoms with van der Waals surface area (Å²) in [5.74, 6) is -0.100. The lowest BCUT2D eigenvalue weighted by Crippen LogP contribution is -2.42. The molecular formula is C10H17N3OS. The second-order valence-corrected chi connectivity index (χ2v) is 4.82. The molecule has 0 unspecified atom stereocenters. The van der Waals surface area contributed by atoms with E-state index in [-0.39, 0.29) is 11.8 Å². The van der Waals surface area contributed by atoms with Crippen LogP contribution in [0, 0.1) is 4.77 Å². The highest BCUT2D eigenvalue weighted by Gasteiger charge is 2.30. The van der Waals surface area contributed by atoms with E-state index < -0.39 is 5.54 Å². The Kier molecular flexibility index (Phi) is 3.04. The summed E-state index contributed by atoms with van der Waals surface area (Å²) >= 11 is 5.16. The molecule has 1 heterocycles. The maximum Gasteiger partial charge on any atom is 0.243 e. The monoisotopic (exact) mass is 227 g/mol. The maximum absolute atomic E-state index is 11.4. The second kappa shape index (κ2) is 3.81. The first kappa shape index (κ1) is 12.0. The average molecular weight is 227 g/mol. The van der Waals surface area contributed by atoms with Crippen LogP contribution >= 0.6 is 12.2 Å². The van der Waals surface area contributed by atoms with E-state index in [0.717, 1.165) is 5.69 Å². The molecule has 4 nitrogen and oxygen atoms in total. The Morgan fingerprint density at radius 3 is 2.53 bits per heavy atom. The van der Waals surface area contributed by atoms with Gasteiger partial charge in [0.05, 0.1) is 0 Å². The standard InChI is InChI=1S/C10H17N3OS/c1-6(2)7-5-12-9(15)13(7)10(3,4)8(11)14/h5-6H,1-4H3,(H2,11,14)(H,12,15). The molecule has 3 N–H and O–H groups in total. The molecule has 1 rings (SSSR count). The number of amides is 1. The van der Waals surface area contributed by atoms with Gasteiger partial charge in [-0.05, 0) is 32.0 Å². The first-order valence-corrected chi connectivity index (χ1v) is 5.30. The van der Waals surface area contributed by atoms with Gasteiger partial charge in [0, 0.05) is 11.9 Å². The van der Waals surface area contributed by atoms with Crippen molar-refractivity contribution in [3.05, 3.63) is 16.7 Å². The number of hydrogen-bond donors (Lipinski definition) is 2. The van der Waals surface area contributed by atoms with Gasteiger partial charge in [0.1, 0.15) is 5.54 Å². The minimum absolute atomic E-state index is 0.288. The highest BCUT2D eigenvalue weighted by atomic mass is 32.1. The first-order valence-electron chi connectivity index (χ1n) is 4.89. The minimum Gasteiger partial charge on any atom is -0.368 e. The summed E-state index contributed by atoms with van der Waals surface area (Å²) in [6, 6.07) is 0. The number of primary amides is 1. The number of imidazole rings is 1. The molecule has 1 aromatic rings. The Balaban J connectivity index is 3.42. The third-order valence-electron chi connectivity index (χ3n) is 2.56. The molecule has 0 saturated heterocycles. The summed E-state index contributed by atoms with van der Waals surface area (Å²) in [5, 5.41) is 0. The van der Waals surface area contributed by atoms with Gasteiger partial charge >= 0.3 is 0 Å². The lowest BCUT2D eigenvalue weighted by Gasteiger charge is -2.26. The fourth-order valence-electron chi connectivity index (χ4n) is 1.49. The van der Waals surface area contributed by atoms with Crippen LogP contribution in [0.4, 0.5) is 0 Å². The van der Waals surface area contributed by atoms with Crippen molar-refractivity contribution in [3.8, 4) is 0 Å². The first-order chi connectivity index (χ1) is 6.78. The summed E-state index contributed by atoms with van der Waals surface area (Å²) in [4.78, 5) is 14.3. The van der Waals surface area contributed by atoms with Crippen molar-refractivity contribution in [1.82, 2.24) is 9.55 Å².